The van der Waals surface area contributed by atoms with Crippen molar-refractivity contribution in [2.45, 2.75) is 96.8 Å². The van der Waals surface area contributed by atoms with Crippen LogP contribution in [0, 0.1) is 6.92 Å². The summed E-state index contributed by atoms with van der Waals surface area (Å²) in [7, 11) is 1.68. The van der Waals surface area contributed by atoms with Crippen LogP contribution < -0.4 is 26.0 Å². The predicted molar refractivity (Wildman–Crippen MR) is 225 cm³/mol. The first kappa shape index (κ1) is 44.7. The Labute approximate surface area is 342 Å². The van der Waals surface area contributed by atoms with Gasteiger partial charge in [0.2, 0.25) is 5.91 Å². The van der Waals surface area contributed by atoms with Crippen molar-refractivity contribution in [3.8, 4) is 11.5 Å². The highest BCUT2D eigenvalue weighted by Crippen LogP contribution is 2.48. The molecule has 0 radical (unpaired) electrons. The monoisotopic (exact) mass is 818 g/mol. The van der Waals surface area contributed by atoms with Crippen LogP contribution in [0.25, 0.3) is 0 Å². The van der Waals surface area contributed by atoms with E-state index in [9.17, 15) is 14.4 Å². The molecule has 1 fully saturated rings. The molecule has 58 heavy (non-hydrogen) atoms. The third-order valence-electron chi connectivity index (χ3n) is 9.98. The topological polar surface area (TPSA) is 143 Å². The van der Waals surface area contributed by atoms with E-state index < -0.39 is 43.8 Å². The highest BCUT2D eigenvalue weighted by atomic mass is 31.2. The minimum Gasteiger partial charge on any atom is -0.497 e. The SMILES string of the molecule is CCN(CC)P(OCCCCC(=O)NC(C)(C)C)O[C@H]1C[C@H](n2cc(C)c(=O)[nH]c2=O)O[C@@H]1COC(c1ccccc1)(c1ccc(OC)cc1)c1ccc(OC)cc1. The maximum absolute atomic E-state index is 13.2. The van der Waals surface area contributed by atoms with Crippen molar-refractivity contribution in [2.24, 2.45) is 0 Å². The van der Waals surface area contributed by atoms with Crippen LogP contribution >= 0.6 is 8.53 Å². The Hall–Kier alpha value is -4.36. The van der Waals surface area contributed by atoms with Gasteiger partial charge in [-0.1, -0.05) is 68.4 Å². The summed E-state index contributed by atoms with van der Waals surface area (Å²) in [4.78, 5) is 40.4. The van der Waals surface area contributed by atoms with Gasteiger partial charge in [-0.05, 0) is 81.5 Å². The van der Waals surface area contributed by atoms with Crippen LogP contribution in [0.15, 0.2) is 94.6 Å². The molecule has 4 aromatic rings. The van der Waals surface area contributed by atoms with Gasteiger partial charge in [0, 0.05) is 43.2 Å². The Morgan fingerprint density at radius 1 is 0.897 bits per heavy atom. The summed E-state index contributed by atoms with van der Waals surface area (Å²) in [6.07, 6.45) is 1.55. The standard InChI is InChI=1S/C44H59N4O9P/c1-9-47(10-2)58(55-27-15-14-18-39(49)46-43(4,5)6)57-37-28-40(48-29-31(3)41(50)45-42(48)51)56-38(37)30-54-44(32-16-12-11-13-17-32,33-19-23-35(52-7)24-20-33)34-21-25-36(53-8)26-22-34/h11-13,16-17,19-26,29,37-38,40H,9-10,14-15,18,27-28,30H2,1-8H3,(H,46,49)(H,45,50,51)/t37-,38+,40+,58?/m0/s1. The van der Waals surface area contributed by atoms with Gasteiger partial charge in [-0.2, -0.15) is 0 Å². The summed E-state index contributed by atoms with van der Waals surface area (Å²) >= 11 is 0. The summed E-state index contributed by atoms with van der Waals surface area (Å²) in [5.41, 5.74) is 0.534. The van der Waals surface area contributed by atoms with Gasteiger partial charge in [0.15, 0.2) is 0 Å². The summed E-state index contributed by atoms with van der Waals surface area (Å²) < 4.78 is 42.0. The van der Waals surface area contributed by atoms with Gasteiger partial charge in [-0.3, -0.25) is 19.1 Å². The molecule has 1 unspecified atom stereocenters. The lowest BCUT2D eigenvalue weighted by Crippen LogP contribution is -2.40. The largest absolute Gasteiger partial charge is 0.497 e. The van der Waals surface area contributed by atoms with Gasteiger partial charge in [-0.15, -0.1) is 0 Å². The zero-order chi connectivity index (χ0) is 41.9. The summed E-state index contributed by atoms with van der Waals surface area (Å²) in [6, 6.07) is 25.6. The first-order valence-corrected chi connectivity index (χ1v) is 21.1. The highest BCUT2D eigenvalue weighted by Gasteiger charge is 2.44. The molecule has 1 saturated heterocycles. The first-order valence-electron chi connectivity index (χ1n) is 19.9. The number of carbonyl (C=O) groups is 1. The van der Waals surface area contributed by atoms with E-state index in [2.05, 4.69) is 28.8 Å². The van der Waals surface area contributed by atoms with E-state index in [4.69, 9.17) is 28.0 Å². The van der Waals surface area contributed by atoms with E-state index in [0.29, 0.717) is 62.4 Å². The molecule has 1 aliphatic rings. The Balaban J connectivity index is 1.49. The maximum atomic E-state index is 13.2. The normalized spacial score (nSPS) is 17.6. The molecular formula is C44H59N4O9P. The van der Waals surface area contributed by atoms with Crippen molar-refractivity contribution in [3.63, 3.8) is 0 Å². The first-order chi connectivity index (χ1) is 27.8. The average Bonchev–Trinajstić information content (AvgIpc) is 3.61. The molecule has 3 aromatic carbocycles. The molecule has 2 N–H and O–H groups in total. The van der Waals surface area contributed by atoms with E-state index in [-0.39, 0.29) is 18.1 Å². The molecule has 0 saturated carbocycles. The van der Waals surface area contributed by atoms with Crippen molar-refractivity contribution >= 4 is 14.4 Å². The molecule has 1 amide bonds. The molecule has 14 heteroatoms. The van der Waals surface area contributed by atoms with E-state index in [1.165, 1.54) is 10.8 Å². The summed E-state index contributed by atoms with van der Waals surface area (Å²) in [6.45, 7) is 13.5. The number of rotatable bonds is 20. The van der Waals surface area contributed by atoms with Crippen molar-refractivity contribution in [3.05, 3.63) is 128 Å². The smallest absolute Gasteiger partial charge is 0.330 e. The van der Waals surface area contributed by atoms with Crippen LogP contribution in [0.1, 0.15) is 88.8 Å². The molecular weight excluding hydrogens is 759 g/mol. The van der Waals surface area contributed by atoms with Crippen molar-refractivity contribution in [1.82, 2.24) is 19.5 Å². The number of benzene rings is 3. The number of hydrogen-bond acceptors (Lipinski definition) is 10. The molecule has 0 aliphatic carbocycles. The molecule has 0 bridgehead atoms. The van der Waals surface area contributed by atoms with Crippen LogP contribution in [-0.4, -0.2) is 78.4 Å². The zero-order valence-corrected chi connectivity index (χ0v) is 35.9. The molecule has 13 nitrogen and oxygen atoms in total. The van der Waals surface area contributed by atoms with Crippen LogP contribution in [0.5, 0.6) is 11.5 Å². The molecule has 5 rings (SSSR count). The van der Waals surface area contributed by atoms with Crippen LogP contribution in [0.2, 0.25) is 0 Å². The van der Waals surface area contributed by atoms with Gasteiger partial charge in [-0.25, -0.2) is 9.46 Å². The molecule has 4 atom stereocenters. The Morgan fingerprint density at radius 3 is 2.03 bits per heavy atom. The number of carbonyl (C=O) groups excluding carboxylic acids is 1. The fraction of sp³-hybridized carbons (Fsp3) is 0.477. The third kappa shape index (κ3) is 11.2. The van der Waals surface area contributed by atoms with Crippen molar-refractivity contribution in [2.75, 3.05) is 40.5 Å². The number of hydrogen-bond donors (Lipinski definition) is 2. The quantitative estimate of drug-likeness (QED) is 0.0534. The number of nitrogens with one attached hydrogen (secondary N) is 2. The summed E-state index contributed by atoms with van der Waals surface area (Å²) in [5, 5.41) is 3.01. The zero-order valence-electron chi connectivity index (χ0n) is 35.0. The number of aryl methyl sites for hydroxylation is 1. The summed E-state index contributed by atoms with van der Waals surface area (Å²) in [5.74, 6) is 1.42. The molecule has 2 heterocycles. The van der Waals surface area contributed by atoms with Gasteiger partial charge in [0.25, 0.3) is 14.1 Å². The van der Waals surface area contributed by atoms with Crippen molar-refractivity contribution in [1.29, 1.82) is 0 Å². The third-order valence-corrected chi connectivity index (χ3v) is 11.9. The highest BCUT2D eigenvalue weighted by molar-refractivity contribution is 7.44. The van der Waals surface area contributed by atoms with Crippen molar-refractivity contribution < 1.29 is 32.8 Å². The lowest BCUT2D eigenvalue weighted by atomic mass is 9.80. The lowest BCUT2D eigenvalue weighted by Gasteiger charge is -2.37. The molecule has 314 valence electrons. The second-order valence-corrected chi connectivity index (χ2v) is 16.8. The molecule has 0 spiro atoms. The predicted octanol–water partition coefficient (Wildman–Crippen LogP) is 7.21. The number of aromatic nitrogens is 2. The fourth-order valence-corrected chi connectivity index (χ4v) is 8.53. The number of ether oxygens (including phenoxy) is 4. The van der Waals surface area contributed by atoms with Gasteiger partial charge in [0.05, 0.1) is 33.5 Å². The van der Waals surface area contributed by atoms with E-state index in [0.717, 1.165) is 16.7 Å². The molecule has 1 aromatic heterocycles. The minimum atomic E-state index is -1.58. The Kier molecular flexibility index (Phi) is 15.9. The van der Waals surface area contributed by atoms with E-state index >= 15 is 0 Å². The van der Waals surface area contributed by atoms with Crippen LogP contribution in [0.4, 0.5) is 0 Å². The van der Waals surface area contributed by atoms with Crippen LogP contribution in [0.3, 0.4) is 0 Å². The number of methoxy groups -OCH3 is 2. The fourth-order valence-electron chi connectivity index (χ4n) is 6.97. The number of H-pyrrole nitrogens is 1. The average molecular weight is 819 g/mol. The molecule has 1 aliphatic heterocycles. The van der Waals surface area contributed by atoms with Gasteiger partial charge < -0.3 is 33.3 Å². The Morgan fingerprint density at radius 2 is 1.48 bits per heavy atom. The maximum Gasteiger partial charge on any atom is 0.330 e. The van der Waals surface area contributed by atoms with E-state index in [1.807, 2.05) is 99.6 Å². The number of amides is 1. The number of unbranched alkanes of at least 4 members (excludes halogenated alkanes) is 1. The van der Waals surface area contributed by atoms with E-state index in [1.54, 1.807) is 21.1 Å². The lowest BCUT2D eigenvalue weighted by molar-refractivity contribution is -0.122. The minimum absolute atomic E-state index is 0.00957. The van der Waals surface area contributed by atoms with Crippen LogP contribution in [-0.2, 0) is 28.9 Å². The number of aromatic amines is 1. The van der Waals surface area contributed by atoms with Gasteiger partial charge in [0.1, 0.15) is 29.4 Å². The Bertz CT molecular complexity index is 1960. The second kappa shape index (κ2) is 20.6. The van der Waals surface area contributed by atoms with Gasteiger partial charge >= 0.3 is 5.69 Å². The number of nitrogens with zero attached hydrogens (tertiary/aromatic N) is 2. The second-order valence-electron chi connectivity index (χ2n) is 15.3.